The van der Waals surface area contributed by atoms with Crippen molar-refractivity contribution in [1.82, 2.24) is 0 Å². The van der Waals surface area contributed by atoms with E-state index in [2.05, 4.69) is 5.32 Å². The Bertz CT molecular complexity index is 758. The number of rotatable bonds is 8. The second kappa shape index (κ2) is 8.89. The number of ether oxygens (including phenoxy) is 3. The van der Waals surface area contributed by atoms with Crippen LogP contribution in [0.4, 0.5) is 5.69 Å². The zero-order chi connectivity index (χ0) is 19.1. The molecule has 0 bridgehead atoms. The number of methoxy groups -OCH3 is 3. The number of nitrogens with one attached hydrogen (secondary N) is 1. The van der Waals surface area contributed by atoms with E-state index in [4.69, 9.17) is 14.2 Å². The van der Waals surface area contributed by atoms with Crippen LogP contribution in [0.5, 0.6) is 17.2 Å². The fraction of sp³-hybridized carbons (Fsp3) is 0.300. The number of carbonyl (C=O) groups excluding carboxylic acids is 2. The van der Waals surface area contributed by atoms with Gasteiger partial charge in [0.05, 0.1) is 21.3 Å². The topological polar surface area (TPSA) is 73.9 Å². The third kappa shape index (κ3) is 4.53. The third-order valence-electron chi connectivity index (χ3n) is 3.91. The van der Waals surface area contributed by atoms with Crippen LogP contribution in [0.2, 0.25) is 0 Å². The van der Waals surface area contributed by atoms with E-state index in [0.717, 1.165) is 5.56 Å². The first-order valence-electron chi connectivity index (χ1n) is 8.24. The summed E-state index contributed by atoms with van der Waals surface area (Å²) in [6.45, 7) is 1.79. The van der Waals surface area contributed by atoms with E-state index in [9.17, 15) is 9.59 Å². The first-order chi connectivity index (χ1) is 12.5. The fourth-order valence-corrected chi connectivity index (χ4v) is 2.48. The Morgan fingerprint density at radius 1 is 0.923 bits per heavy atom. The van der Waals surface area contributed by atoms with Gasteiger partial charge in [-0.05, 0) is 29.8 Å². The van der Waals surface area contributed by atoms with Crippen LogP contribution in [0.25, 0.3) is 0 Å². The molecule has 0 aliphatic rings. The lowest BCUT2D eigenvalue weighted by Crippen LogP contribution is -2.09. The van der Waals surface area contributed by atoms with E-state index in [1.165, 1.54) is 21.3 Å². The van der Waals surface area contributed by atoms with Gasteiger partial charge < -0.3 is 19.5 Å². The fourth-order valence-electron chi connectivity index (χ4n) is 2.48. The second-order valence-corrected chi connectivity index (χ2v) is 5.61. The molecule has 6 heteroatoms. The van der Waals surface area contributed by atoms with Crippen molar-refractivity contribution < 1.29 is 23.8 Å². The summed E-state index contributed by atoms with van der Waals surface area (Å²) in [6.07, 6.45) is 0.641. The number of benzene rings is 2. The van der Waals surface area contributed by atoms with Crippen LogP contribution in [-0.4, -0.2) is 33.0 Å². The summed E-state index contributed by atoms with van der Waals surface area (Å²) in [5.41, 5.74) is 2.03. The van der Waals surface area contributed by atoms with Gasteiger partial charge in [0.2, 0.25) is 11.7 Å². The van der Waals surface area contributed by atoms with E-state index in [-0.39, 0.29) is 18.1 Å². The van der Waals surface area contributed by atoms with Crippen molar-refractivity contribution in [2.24, 2.45) is 0 Å². The number of amides is 1. The van der Waals surface area contributed by atoms with Crippen LogP contribution in [0.3, 0.4) is 0 Å². The summed E-state index contributed by atoms with van der Waals surface area (Å²) in [4.78, 5) is 24.0. The summed E-state index contributed by atoms with van der Waals surface area (Å²) in [7, 11) is 4.53. The number of Topliss-reactive ketones (excluding diaryl/α,β-unsaturated/α-hetero) is 1. The molecule has 26 heavy (non-hydrogen) atoms. The average molecular weight is 357 g/mol. The Labute approximate surface area is 153 Å². The molecule has 0 heterocycles. The van der Waals surface area contributed by atoms with Crippen LogP contribution < -0.4 is 19.5 Å². The minimum absolute atomic E-state index is 0.0498. The summed E-state index contributed by atoms with van der Waals surface area (Å²) < 4.78 is 15.8. The predicted molar refractivity (Wildman–Crippen MR) is 99.5 cm³/mol. The molecule has 0 radical (unpaired) electrons. The molecule has 2 aromatic carbocycles. The minimum Gasteiger partial charge on any atom is -0.493 e. The quantitative estimate of drug-likeness (QED) is 0.732. The number of anilines is 1. The first kappa shape index (κ1) is 19.3. The highest BCUT2D eigenvalue weighted by Gasteiger charge is 2.17. The molecule has 0 aromatic heterocycles. The number of hydrogen-bond donors (Lipinski definition) is 1. The summed E-state index contributed by atoms with van der Waals surface area (Å²) in [5, 5.41) is 2.78. The maximum Gasteiger partial charge on any atom is 0.224 e. The van der Waals surface area contributed by atoms with Crippen LogP contribution in [0, 0.1) is 0 Å². The van der Waals surface area contributed by atoms with Crippen molar-refractivity contribution in [3.63, 3.8) is 0 Å². The van der Waals surface area contributed by atoms with Gasteiger partial charge in [-0.2, -0.15) is 0 Å². The summed E-state index contributed by atoms with van der Waals surface area (Å²) in [5.74, 6) is 1.20. The standard InChI is InChI=1S/C20H23NO5/c1-5-19(23)21-15-8-6-13(7-9-15)10-16(22)14-11-17(24-2)20(26-4)18(12-14)25-3/h6-9,11-12H,5,10H2,1-4H3,(H,21,23). The largest absolute Gasteiger partial charge is 0.493 e. The predicted octanol–water partition coefficient (Wildman–Crippen LogP) is 3.49. The van der Waals surface area contributed by atoms with Gasteiger partial charge in [-0.15, -0.1) is 0 Å². The Kier molecular flexibility index (Phi) is 6.60. The maximum atomic E-state index is 12.6. The van der Waals surface area contributed by atoms with Gasteiger partial charge in [0.1, 0.15) is 0 Å². The molecule has 138 valence electrons. The lowest BCUT2D eigenvalue weighted by Gasteiger charge is -2.13. The smallest absolute Gasteiger partial charge is 0.224 e. The van der Waals surface area contributed by atoms with Gasteiger partial charge in [-0.25, -0.2) is 0 Å². The van der Waals surface area contributed by atoms with Crippen LogP contribution in [-0.2, 0) is 11.2 Å². The monoisotopic (exact) mass is 357 g/mol. The third-order valence-corrected chi connectivity index (χ3v) is 3.91. The highest BCUT2D eigenvalue weighted by molar-refractivity contribution is 5.99. The van der Waals surface area contributed by atoms with E-state index in [1.54, 1.807) is 31.2 Å². The second-order valence-electron chi connectivity index (χ2n) is 5.61. The molecule has 0 aliphatic carbocycles. The van der Waals surface area contributed by atoms with Crippen molar-refractivity contribution in [3.8, 4) is 17.2 Å². The first-order valence-corrected chi connectivity index (χ1v) is 8.24. The molecule has 0 atom stereocenters. The Balaban J connectivity index is 2.18. The Morgan fingerprint density at radius 3 is 1.96 bits per heavy atom. The minimum atomic E-state index is -0.0744. The lowest BCUT2D eigenvalue weighted by molar-refractivity contribution is -0.115. The molecule has 0 unspecified atom stereocenters. The molecule has 0 fully saturated rings. The van der Waals surface area contributed by atoms with Gasteiger partial charge >= 0.3 is 0 Å². The van der Waals surface area contributed by atoms with Gasteiger partial charge in [-0.1, -0.05) is 19.1 Å². The van der Waals surface area contributed by atoms with Crippen molar-refractivity contribution in [2.75, 3.05) is 26.6 Å². The number of hydrogen-bond acceptors (Lipinski definition) is 5. The number of ketones is 1. The maximum absolute atomic E-state index is 12.6. The molecule has 1 amide bonds. The zero-order valence-corrected chi connectivity index (χ0v) is 15.4. The van der Waals surface area contributed by atoms with E-state index in [1.807, 2.05) is 12.1 Å². The van der Waals surface area contributed by atoms with Crippen molar-refractivity contribution in [3.05, 3.63) is 47.5 Å². The van der Waals surface area contributed by atoms with Crippen molar-refractivity contribution in [1.29, 1.82) is 0 Å². The SMILES string of the molecule is CCC(=O)Nc1ccc(CC(=O)c2cc(OC)c(OC)c(OC)c2)cc1. The summed E-state index contributed by atoms with van der Waals surface area (Å²) >= 11 is 0. The molecule has 0 saturated heterocycles. The molecule has 6 nitrogen and oxygen atoms in total. The molecular formula is C20H23NO5. The Morgan fingerprint density at radius 2 is 1.50 bits per heavy atom. The van der Waals surface area contributed by atoms with Crippen molar-refractivity contribution in [2.45, 2.75) is 19.8 Å². The van der Waals surface area contributed by atoms with E-state index in [0.29, 0.717) is 34.9 Å². The highest BCUT2D eigenvalue weighted by Crippen LogP contribution is 2.38. The van der Waals surface area contributed by atoms with Crippen LogP contribution in [0.15, 0.2) is 36.4 Å². The molecule has 2 aromatic rings. The molecule has 0 saturated carbocycles. The van der Waals surface area contributed by atoms with Crippen LogP contribution in [0.1, 0.15) is 29.3 Å². The molecule has 2 rings (SSSR count). The van der Waals surface area contributed by atoms with Gasteiger partial charge in [0.25, 0.3) is 0 Å². The molecular weight excluding hydrogens is 334 g/mol. The van der Waals surface area contributed by atoms with Crippen molar-refractivity contribution >= 4 is 17.4 Å². The molecule has 0 aliphatic heterocycles. The molecule has 1 N–H and O–H groups in total. The number of carbonyl (C=O) groups is 2. The van der Waals surface area contributed by atoms with Crippen LogP contribution >= 0.6 is 0 Å². The van der Waals surface area contributed by atoms with E-state index < -0.39 is 0 Å². The lowest BCUT2D eigenvalue weighted by atomic mass is 10.0. The Hall–Kier alpha value is -3.02. The summed E-state index contributed by atoms with van der Waals surface area (Å²) in [6, 6.07) is 10.5. The van der Waals surface area contributed by atoms with Gasteiger partial charge in [-0.3, -0.25) is 9.59 Å². The highest BCUT2D eigenvalue weighted by atomic mass is 16.5. The molecule has 0 spiro atoms. The van der Waals surface area contributed by atoms with E-state index >= 15 is 0 Å². The zero-order valence-electron chi connectivity index (χ0n) is 15.4. The normalized spacial score (nSPS) is 10.2. The average Bonchev–Trinajstić information content (AvgIpc) is 2.67. The van der Waals surface area contributed by atoms with Gasteiger partial charge in [0, 0.05) is 24.1 Å². The van der Waals surface area contributed by atoms with Gasteiger partial charge in [0.15, 0.2) is 17.3 Å².